The van der Waals surface area contributed by atoms with E-state index in [4.69, 9.17) is 10.7 Å². The topological polar surface area (TPSA) is 85.3 Å². The van der Waals surface area contributed by atoms with Crippen molar-refractivity contribution in [1.29, 1.82) is 0 Å². The first-order valence-electron chi connectivity index (χ1n) is 7.29. The summed E-state index contributed by atoms with van der Waals surface area (Å²) >= 11 is 1.74. The molecule has 0 fully saturated rings. The van der Waals surface area contributed by atoms with Gasteiger partial charge in [0.25, 0.3) is 5.69 Å². The van der Waals surface area contributed by atoms with Gasteiger partial charge in [0.1, 0.15) is 0 Å². The normalized spacial score (nSPS) is 14.8. The lowest BCUT2D eigenvalue weighted by molar-refractivity contribution is -0.384. The third kappa shape index (κ3) is 3.32. The molecule has 0 spiro atoms. The zero-order valence-corrected chi connectivity index (χ0v) is 13.0. The van der Waals surface area contributed by atoms with E-state index in [1.807, 2.05) is 0 Å². The van der Waals surface area contributed by atoms with E-state index >= 15 is 0 Å². The maximum atomic E-state index is 10.7. The molecule has 0 aliphatic carbocycles. The van der Waals surface area contributed by atoms with Crippen LogP contribution in [0.2, 0.25) is 0 Å². The number of nitrogens with two attached hydrogens (primary N) is 1. The number of nitrogens with zero attached hydrogens (tertiary/aromatic N) is 3. The zero-order chi connectivity index (χ0) is 15.5. The molecule has 0 amide bonds. The van der Waals surface area contributed by atoms with Crippen molar-refractivity contribution in [2.24, 2.45) is 5.73 Å². The maximum Gasteiger partial charge on any atom is 0.269 e. The fraction of sp³-hybridized carbons (Fsp3) is 0.400. The average Bonchev–Trinajstić information content (AvgIpc) is 2.89. The summed E-state index contributed by atoms with van der Waals surface area (Å²) in [6.07, 6.45) is 1.71. The summed E-state index contributed by atoms with van der Waals surface area (Å²) < 4.78 is 0. The third-order valence-electron chi connectivity index (χ3n) is 3.80. The predicted octanol–water partition coefficient (Wildman–Crippen LogP) is 1.96. The number of thiazole rings is 1. The van der Waals surface area contributed by atoms with Gasteiger partial charge in [0.15, 0.2) is 0 Å². The molecule has 0 saturated heterocycles. The molecular weight excluding hydrogens is 300 g/mol. The van der Waals surface area contributed by atoms with Crippen LogP contribution in [-0.4, -0.2) is 34.4 Å². The zero-order valence-electron chi connectivity index (χ0n) is 12.2. The van der Waals surface area contributed by atoms with Crippen LogP contribution < -0.4 is 5.73 Å². The molecule has 6 nitrogen and oxygen atoms in total. The summed E-state index contributed by atoms with van der Waals surface area (Å²) in [7, 11) is 0. The lowest BCUT2D eigenvalue weighted by Crippen LogP contribution is -2.33. The van der Waals surface area contributed by atoms with Gasteiger partial charge in [-0.3, -0.25) is 15.0 Å². The SMILES string of the molecule is NCCN1CCc2nc(Cc3ccc([N+](=O)[O-])cc3)sc2C1. The molecule has 2 heterocycles. The highest BCUT2D eigenvalue weighted by atomic mass is 32.1. The van der Waals surface area contributed by atoms with Crippen molar-refractivity contribution in [3.8, 4) is 0 Å². The van der Waals surface area contributed by atoms with Crippen molar-refractivity contribution in [2.75, 3.05) is 19.6 Å². The standard InChI is InChI=1S/C15H18N4O2S/c16-6-8-18-7-5-13-14(10-18)22-15(17-13)9-11-1-3-12(4-2-11)19(20)21/h1-4H,5-10,16H2. The molecule has 0 unspecified atom stereocenters. The third-order valence-corrected chi connectivity index (χ3v) is 4.88. The van der Waals surface area contributed by atoms with Gasteiger partial charge in [0.05, 0.1) is 15.6 Å². The fourth-order valence-corrected chi connectivity index (χ4v) is 3.85. The number of aromatic nitrogens is 1. The molecule has 0 atom stereocenters. The van der Waals surface area contributed by atoms with Crippen LogP contribution in [0.25, 0.3) is 0 Å². The van der Waals surface area contributed by atoms with Gasteiger partial charge in [-0.2, -0.15) is 0 Å². The van der Waals surface area contributed by atoms with E-state index in [1.54, 1.807) is 35.6 Å². The van der Waals surface area contributed by atoms with Crippen molar-refractivity contribution >= 4 is 17.0 Å². The van der Waals surface area contributed by atoms with Crippen LogP contribution >= 0.6 is 11.3 Å². The van der Waals surface area contributed by atoms with Crippen LogP contribution in [0.4, 0.5) is 5.69 Å². The van der Waals surface area contributed by atoms with Crippen molar-refractivity contribution in [2.45, 2.75) is 19.4 Å². The van der Waals surface area contributed by atoms with Gasteiger partial charge in [-0.1, -0.05) is 12.1 Å². The number of nitro benzene ring substituents is 1. The first kappa shape index (κ1) is 15.1. The molecule has 1 aromatic heterocycles. The smallest absolute Gasteiger partial charge is 0.269 e. The Morgan fingerprint density at radius 3 is 2.82 bits per heavy atom. The van der Waals surface area contributed by atoms with E-state index in [0.717, 1.165) is 43.0 Å². The second-order valence-electron chi connectivity index (χ2n) is 5.39. The summed E-state index contributed by atoms with van der Waals surface area (Å²) in [5.41, 5.74) is 8.00. The number of nitro groups is 1. The van der Waals surface area contributed by atoms with Gasteiger partial charge in [-0.15, -0.1) is 11.3 Å². The Bertz CT molecular complexity index is 669. The van der Waals surface area contributed by atoms with Crippen molar-refractivity contribution in [1.82, 2.24) is 9.88 Å². The van der Waals surface area contributed by atoms with E-state index < -0.39 is 0 Å². The summed E-state index contributed by atoms with van der Waals surface area (Å²) in [6, 6.07) is 6.70. The minimum atomic E-state index is -0.377. The predicted molar refractivity (Wildman–Crippen MR) is 86.1 cm³/mol. The van der Waals surface area contributed by atoms with Crippen LogP contribution in [0, 0.1) is 10.1 Å². The highest BCUT2D eigenvalue weighted by Crippen LogP contribution is 2.26. The van der Waals surface area contributed by atoms with Crippen LogP contribution in [0.15, 0.2) is 24.3 Å². The molecule has 0 radical (unpaired) electrons. The lowest BCUT2D eigenvalue weighted by atomic mass is 10.1. The Morgan fingerprint density at radius 1 is 1.36 bits per heavy atom. The molecule has 1 aliphatic rings. The largest absolute Gasteiger partial charge is 0.329 e. The van der Waals surface area contributed by atoms with Crippen molar-refractivity contribution in [3.63, 3.8) is 0 Å². The molecule has 1 aliphatic heterocycles. The molecule has 7 heteroatoms. The summed E-state index contributed by atoms with van der Waals surface area (Å²) in [5, 5.41) is 11.7. The van der Waals surface area contributed by atoms with E-state index in [9.17, 15) is 10.1 Å². The minimum absolute atomic E-state index is 0.125. The monoisotopic (exact) mass is 318 g/mol. The van der Waals surface area contributed by atoms with Gasteiger partial charge in [0, 0.05) is 56.0 Å². The molecule has 3 rings (SSSR count). The highest BCUT2D eigenvalue weighted by molar-refractivity contribution is 7.11. The van der Waals surface area contributed by atoms with Crippen LogP contribution in [-0.2, 0) is 19.4 Å². The molecule has 2 aromatic rings. The molecule has 0 bridgehead atoms. The van der Waals surface area contributed by atoms with Gasteiger partial charge in [-0.05, 0) is 5.56 Å². The number of fused-ring (bicyclic) bond motifs is 1. The Hall–Kier alpha value is -1.83. The number of rotatable bonds is 5. The summed E-state index contributed by atoms with van der Waals surface area (Å²) in [5.74, 6) is 0. The van der Waals surface area contributed by atoms with Crippen LogP contribution in [0.5, 0.6) is 0 Å². The fourth-order valence-electron chi connectivity index (χ4n) is 2.66. The summed E-state index contributed by atoms with van der Waals surface area (Å²) in [4.78, 5) is 18.7. The second-order valence-corrected chi connectivity index (χ2v) is 6.56. The van der Waals surface area contributed by atoms with Gasteiger partial charge in [-0.25, -0.2) is 4.98 Å². The Kier molecular flexibility index (Phi) is 4.47. The molecule has 2 N–H and O–H groups in total. The van der Waals surface area contributed by atoms with Gasteiger partial charge in [0.2, 0.25) is 0 Å². The molecule has 0 saturated carbocycles. The van der Waals surface area contributed by atoms with E-state index in [1.165, 1.54) is 10.6 Å². The van der Waals surface area contributed by atoms with Crippen molar-refractivity contribution < 1.29 is 4.92 Å². The quantitative estimate of drug-likeness (QED) is 0.673. The Morgan fingerprint density at radius 2 is 2.14 bits per heavy atom. The van der Waals surface area contributed by atoms with E-state index in [-0.39, 0.29) is 10.6 Å². The lowest BCUT2D eigenvalue weighted by Gasteiger charge is -2.24. The van der Waals surface area contributed by atoms with E-state index in [0.29, 0.717) is 6.54 Å². The molecular formula is C15H18N4O2S. The second kappa shape index (κ2) is 6.51. The number of hydrogen-bond donors (Lipinski definition) is 1. The number of benzene rings is 1. The van der Waals surface area contributed by atoms with Gasteiger partial charge >= 0.3 is 0 Å². The van der Waals surface area contributed by atoms with Crippen LogP contribution in [0.1, 0.15) is 21.1 Å². The van der Waals surface area contributed by atoms with Crippen molar-refractivity contribution in [3.05, 3.63) is 55.5 Å². The Balaban J connectivity index is 1.70. The minimum Gasteiger partial charge on any atom is -0.329 e. The van der Waals surface area contributed by atoms with Gasteiger partial charge < -0.3 is 5.73 Å². The molecule has 22 heavy (non-hydrogen) atoms. The molecule has 1 aromatic carbocycles. The van der Waals surface area contributed by atoms with E-state index in [2.05, 4.69) is 4.90 Å². The first-order chi connectivity index (χ1) is 10.7. The highest BCUT2D eigenvalue weighted by Gasteiger charge is 2.20. The number of non-ortho nitro benzene ring substituents is 1. The average molecular weight is 318 g/mol. The molecule has 116 valence electrons. The first-order valence-corrected chi connectivity index (χ1v) is 8.10. The Labute approximate surface area is 132 Å². The number of hydrogen-bond acceptors (Lipinski definition) is 6. The van der Waals surface area contributed by atoms with Crippen LogP contribution in [0.3, 0.4) is 0 Å². The summed E-state index contributed by atoms with van der Waals surface area (Å²) in [6.45, 7) is 3.56. The maximum absolute atomic E-state index is 10.7.